The van der Waals surface area contributed by atoms with Crippen LogP contribution in [0.2, 0.25) is 0 Å². The lowest BCUT2D eigenvalue weighted by Gasteiger charge is -2.19. The van der Waals surface area contributed by atoms with Crippen LogP contribution in [0.3, 0.4) is 0 Å². The summed E-state index contributed by atoms with van der Waals surface area (Å²) in [5, 5.41) is 3.44. The van der Waals surface area contributed by atoms with E-state index >= 15 is 0 Å². The highest BCUT2D eigenvalue weighted by atomic mass is 127. The molecule has 2 aromatic rings. The number of hydrogen-bond donors (Lipinski definition) is 1. The van der Waals surface area contributed by atoms with Gasteiger partial charge in [-0.15, -0.1) is 0 Å². The Morgan fingerprint density at radius 1 is 1.10 bits per heavy atom. The molecular weight excluding hydrogens is 425 g/mol. The van der Waals surface area contributed by atoms with Gasteiger partial charge in [0.2, 0.25) is 0 Å². The largest absolute Gasteiger partial charge is 0.313 e. The van der Waals surface area contributed by atoms with Gasteiger partial charge in [-0.25, -0.2) is 0 Å². The fraction of sp³-hybridized carbons (Fsp3) is 0.294. The van der Waals surface area contributed by atoms with Gasteiger partial charge in [-0.3, -0.25) is 0 Å². The minimum Gasteiger partial charge on any atom is -0.313 e. The summed E-state index contributed by atoms with van der Waals surface area (Å²) in [6.07, 6.45) is 2.10. The van der Waals surface area contributed by atoms with Gasteiger partial charge < -0.3 is 5.32 Å². The van der Waals surface area contributed by atoms with Crippen molar-refractivity contribution in [3.63, 3.8) is 0 Å². The van der Waals surface area contributed by atoms with Crippen molar-refractivity contribution in [1.29, 1.82) is 0 Å². The second-order valence-corrected chi connectivity index (χ2v) is 6.96. The Hall–Kier alpha value is -0.390. The molecule has 0 bridgehead atoms. The summed E-state index contributed by atoms with van der Waals surface area (Å²) in [6, 6.07) is 15.7. The summed E-state index contributed by atoms with van der Waals surface area (Å²) in [6.45, 7) is 2.19. The van der Waals surface area contributed by atoms with Crippen LogP contribution in [0, 0.1) is 3.57 Å². The standard InChI is InChI=1S/C17H19BrIN/c1-3-12-4-6-13(7-5-12)10-17(20-2)15-11-14(18)8-9-16(15)19/h4-9,11,17,20H,3,10H2,1-2H3. The molecular formula is C17H19BrIN. The number of aryl methyl sites for hydroxylation is 1. The van der Waals surface area contributed by atoms with Crippen molar-refractivity contribution in [3.8, 4) is 0 Å². The van der Waals surface area contributed by atoms with Gasteiger partial charge in [0, 0.05) is 14.1 Å². The molecule has 2 aromatic carbocycles. The van der Waals surface area contributed by atoms with Crippen molar-refractivity contribution in [3.05, 3.63) is 67.2 Å². The number of nitrogens with one attached hydrogen (secondary N) is 1. The molecule has 0 fully saturated rings. The Bertz CT molecular complexity index is 566. The molecule has 2 rings (SSSR count). The lowest BCUT2D eigenvalue weighted by atomic mass is 9.98. The zero-order valence-corrected chi connectivity index (χ0v) is 15.5. The van der Waals surface area contributed by atoms with Gasteiger partial charge in [0.1, 0.15) is 0 Å². The van der Waals surface area contributed by atoms with Crippen LogP contribution in [0.4, 0.5) is 0 Å². The molecule has 0 saturated heterocycles. The predicted octanol–water partition coefficient (Wildman–Crippen LogP) is 5.12. The fourth-order valence-electron chi connectivity index (χ4n) is 2.30. The lowest BCUT2D eigenvalue weighted by Crippen LogP contribution is -2.20. The molecule has 1 N–H and O–H groups in total. The molecule has 106 valence electrons. The summed E-state index contributed by atoms with van der Waals surface area (Å²) in [5.74, 6) is 0. The molecule has 0 amide bonds. The van der Waals surface area contributed by atoms with E-state index in [1.807, 2.05) is 7.05 Å². The SMILES string of the molecule is CCc1ccc(CC(NC)c2cc(Br)ccc2I)cc1. The van der Waals surface area contributed by atoms with Gasteiger partial charge in [-0.2, -0.15) is 0 Å². The monoisotopic (exact) mass is 443 g/mol. The maximum Gasteiger partial charge on any atom is 0.0369 e. The van der Waals surface area contributed by atoms with Gasteiger partial charge in [0.15, 0.2) is 0 Å². The van der Waals surface area contributed by atoms with E-state index < -0.39 is 0 Å². The van der Waals surface area contributed by atoms with Gasteiger partial charge in [-0.05, 0) is 77.4 Å². The highest BCUT2D eigenvalue weighted by molar-refractivity contribution is 14.1. The molecule has 0 radical (unpaired) electrons. The Kier molecular flexibility index (Phi) is 6.05. The number of halogens is 2. The highest BCUT2D eigenvalue weighted by Crippen LogP contribution is 2.26. The van der Waals surface area contributed by atoms with Crippen LogP contribution in [-0.2, 0) is 12.8 Å². The van der Waals surface area contributed by atoms with Gasteiger partial charge in [0.25, 0.3) is 0 Å². The number of hydrogen-bond acceptors (Lipinski definition) is 1. The molecule has 1 nitrogen and oxygen atoms in total. The Labute approximate surface area is 143 Å². The van der Waals surface area contributed by atoms with Crippen molar-refractivity contribution in [2.75, 3.05) is 7.05 Å². The molecule has 20 heavy (non-hydrogen) atoms. The van der Waals surface area contributed by atoms with Gasteiger partial charge in [-0.1, -0.05) is 47.1 Å². The van der Waals surface area contributed by atoms with Crippen molar-refractivity contribution < 1.29 is 0 Å². The van der Waals surface area contributed by atoms with Crippen LogP contribution in [0.25, 0.3) is 0 Å². The van der Waals surface area contributed by atoms with Gasteiger partial charge in [0.05, 0.1) is 0 Å². The first-order chi connectivity index (χ1) is 9.63. The number of likely N-dealkylation sites (N-methyl/N-ethyl adjacent to an activating group) is 1. The van der Waals surface area contributed by atoms with Crippen LogP contribution < -0.4 is 5.32 Å². The normalized spacial score (nSPS) is 12.4. The molecule has 3 heteroatoms. The molecule has 0 aliphatic carbocycles. The first-order valence-electron chi connectivity index (χ1n) is 6.84. The van der Waals surface area contributed by atoms with E-state index in [0.717, 1.165) is 17.3 Å². The maximum atomic E-state index is 3.57. The zero-order chi connectivity index (χ0) is 14.5. The van der Waals surface area contributed by atoms with E-state index in [2.05, 4.69) is 93.2 Å². The number of rotatable bonds is 5. The molecule has 0 aliphatic rings. The second-order valence-electron chi connectivity index (χ2n) is 4.88. The average Bonchev–Trinajstić information content (AvgIpc) is 2.48. The molecule has 0 aromatic heterocycles. The van der Waals surface area contributed by atoms with Gasteiger partial charge >= 0.3 is 0 Å². The molecule has 0 spiro atoms. The van der Waals surface area contributed by atoms with E-state index in [-0.39, 0.29) is 0 Å². The Morgan fingerprint density at radius 2 is 1.75 bits per heavy atom. The van der Waals surface area contributed by atoms with Crippen molar-refractivity contribution in [1.82, 2.24) is 5.32 Å². The quantitative estimate of drug-likeness (QED) is 0.632. The maximum absolute atomic E-state index is 3.57. The van der Waals surface area contributed by atoms with Crippen LogP contribution in [-0.4, -0.2) is 7.05 Å². The van der Waals surface area contributed by atoms with E-state index in [4.69, 9.17) is 0 Å². The Morgan fingerprint density at radius 3 is 2.35 bits per heavy atom. The average molecular weight is 444 g/mol. The smallest absolute Gasteiger partial charge is 0.0369 e. The van der Waals surface area contributed by atoms with Crippen LogP contribution in [0.15, 0.2) is 46.9 Å². The third-order valence-corrected chi connectivity index (χ3v) is 5.03. The first kappa shape index (κ1) is 16.0. The van der Waals surface area contributed by atoms with Crippen LogP contribution in [0.1, 0.15) is 29.7 Å². The molecule has 1 atom stereocenters. The molecule has 0 aliphatic heterocycles. The zero-order valence-electron chi connectivity index (χ0n) is 11.8. The lowest BCUT2D eigenvalue weighted by molar-refractivity contribution is 0.589. The van der Waals surface area contributed by atoms with E-state index in [9.17, 15) is 0 Å². The summed E-state index contributed by atoms with van der Waals surface area (Å²) < 4.78 is 2.44. The van der Waals surface area contributed by atoms with E-state index in [1.54, 1.807) is 0 Å². The van der Waals surface area contributed by atoms with E-state index in [0.29, 0.717) is 6.04 Å². The van der Waals surface area contributed by atoms with Crippen molar-refractivity contribution >= 4 is 38.5 Å². The topological polar surface area (TPSA) is 12.0 Å². The summed E-state index contributed by atoms with van der Waals surface area (Å²) in [7, 11) is 2.03. The van der Waals surface area contributed by atoms with Crippen LogP contribution >= 0.6 is 38.5 Å². The third kappa shape index (κ3) is 4.06. The fourth-order valence-corrected chi connectivity index (χ4v) is 3.39. The number of benzene rings is 2. The minimum absolute atomic E-state index is 0.340. The van der Waals surface area contributed by atoms with Crippen molar-refractivity contribution in [2.45, 2.75) is 25.8 Å². The molecule has 0 heterocycles. The highest BCUT2D eigenvalue weighted by Gasteiger charge is 2.13. The Balaban J connectivity index is 2.21. The molecule has 0 saturated carbocycles. The molecule has 1 unspecified atom stereocenters. The van der Waals surface area contributed by atoms with Crippen molar-refractivity contribution in [2.24, 2.45) is 0 Å². The summed E-state index contributed by atoms with van der Waals surface area (Å²) in [4.78, 5) is 0. The third-order valence-electron chi connectivity index (χ3n) is 3.55. The minimum atomic E-state index is 0.340. The predicted molar refractivity (Wildman–Crippen MR) is 98.2 cm³/mol. The second kappa shape index (κ2) is 7.57. The van der Waals surface area contributed by atoms with Crippen LogP contribution in [0.5, 0.6) is 0 Å². The van der Waals surface area contributed by atoms with E-state index in [1.165, 1.54) is 20.3 Å². The summed E-state index contributed by atoms with van der Waals surface area (Å²) >= 11 is 5.98. The summed E-state index contributed by atoms with van der Waals surface area (Å²) in [5.41, 5.74) is 4.12. The first-order valence-corrected chi connectivity index (χ1v) is 8.71.